The van der Waals surface area contributed by atoms with Crippen LogP contribution < -0.4 is 5.32 Å². The Balaban J connectivity index is 0.000000196. The van der Waals surface area contributed by atoms with E-state index in [1.54, 1.807) is 12.4 Å². The SMILES string of the molecule is CN1CCN(C(C)(C)c2cc(-c3ccccc3)no2)CC1.O=C1OCC[C@H]1Cc1cccnc1.O=CNCC(F)(F)F. The number of rotatable bonds is 7. The van der Waals surface area contributed by atoms with Gasteiger partial charge in [0.1, 0.15) is 12.2 Å². The number of cyclic esters (lactones) is 1. The first-order valence-corrected chi connectivity index (χ1v) is 13.7. The largest absolute Gasteiger partial charge is 0.465 e. The second-order valence-electron chi connectivity index (χ2n) is 10.6. The first-order valence-electron chi connectivity index (χ1n) is 13.7. The van der Waals surface area contributed by atoms with Gasteiger partial charge in [-0.1, -0.05) is 41.6 Å². The number of carbonyl (C=O) groups excluding carboxylic acids is 2. The van der Waals surface area contributed by atoms with Crippen molar-refractivity contribution in [1.29, 1.82) is 0 Å². The summed E-state index contributed by atoms with van der Waals surface area (Å²) in [5, 5.41) is 5.73. The zero-order valence-electron chi connectivity index (χ0n) is 24.1. The minimum absolute atomic E-state index is 0.00743. The monoisotopic (exact) mass is 589 g/mol. The van der Waals surface area contributed by atoms with E-state index in [1.807, 2.05) is 30.3 Å². The Hall–Kier alpha value is -3.77. The number of ether oxygens (including phenoxy) is 1. The van der Waals surface area contributed by atoms with Crippen molar-refractivity contribution in [2.45, 2.75) is 38.4 Å². The Morgan fingerprint density at radius 3 is 2.33 bits per heavy atom. The maximum absolute atomic E-state index is 11.1. The third-order valence-electron chi connectivity index (χ3n) is 7.11. The lowest BCUT2D eigenvalue weighted by Crippen LogP contribution is -2.52. The predicted octanol–water partition coefficient (Wildman–Crippen LogP) is 4.31. The van der Waals surface area contributed by atoms with Crippen LogP contribution in [0.1, 0.15) is 31.6 Å². The number of amides is 1. The molecule has 0 radical (unpaired) electrons. The van der Waals surface area contributed by atoms with Crippen LogP contribution in [0.15, 0.2) is 65.4 Å². The van der Waals surface area contributed by atoms with Crippen molar-refractivity contribution in [3.05, 3.63) is 72.2 Å². The van der Waals surface area contributed by atoms with Crippen molar-refractivity contribution in [3.8, 4) is 11.3 Å². The van der Waals surface area contributed by atoms with Gasteiger partial charge in [-0.25, -0.2) is 0 Å². The number of alkyl halides is 3. The van der Waals surface area contributed by atoms with Gasteiger partial charge in [0.2, 0.25) is 6.41 Å². The summed E-state index contributed by atoms with van der Waals surface area (Å²) in [6.45, 7) is 8.07. The van der Waals surface area contributed by atoms with Crippen molar-refractivity contribution in [2.24, 2.45) is 5.92 Å². The number of hydrogen-bond acceptors (Lipinski definition) is 8. The van der Waals surface area contributed by atoms with Crippen LogP contribution >= 0.6 is 0 Å². The molecule has 2 aliphatic heterocycles. The molecule has 2 aromatic heterocycles. The highest BCUT2D eigenvalue weighted by molar-refractivity contribution is 5.74. The third kappa shape index (κ3) is 10.3. The maximum atomic E-state index is 11.1. The molecule has 42 heavy (non-hydrogen) atoms. The van der Waals surface area contributed by atoms with Crippen LogP contribution in [-0.2, 0) is 26.3 Å². The van der Waals surface area contributed by atoms with E-state index < -0.39 is 12.7 Å². The van der Waals surface area contributed by atoms with Gasteiger partial charge >= 0.3 is 12.1 Å². The van der Waals surface area contributed by atoms with E-state index in [9.17, 15) is 22.8 Å². The minimum Gasteiger partial charge on any atom is -0.465 e. The molecule has 1 atom stereocenters. The van der Waals surface area contributed by atoms with Crippen LogP contribution in [0.5, 0.6) is 0 Å². The molecule has 2 aliphatic rings. The quantitative estimate of drug-likeness (QED) is 0.322. The number of pyridine rings is 1. The van der Waals surface area contributed by atoms with Gasteiger partial charge in [-0.2, -0.15) is 13.2 Å². The number of aromatic nitrogens is 2. The highest BCUT2D eigenvalue weighted by Gasteiger charge is 2.34. The van der Waals surface area contributed by atoms with Crippen LogP contribution in [-0.4, -0.2) is 84.9 Å². The summed E-state index contributed by atoms with van der Waals surface area (Å²) in [7, 11) is 2.17. The second-order valence-corrected chi connectivity index (χ2v) is 10.6. The van der Waals surface area contributed by atoms with Crippen LogP contribution in [0.2, 0.25) is 0 Å². The van der Waals surface area contributed by atoms with E-state index in [4.69, 9.17) is 9.26 Å². The number of halogens is 3. The summed E-state index contributed by atoms with van der Waals surface area (Å²) >= 11 is 0. The van der Waals surface area contributed by atoms with Crippen molar-refractivity contribution < 1.29 is 32.0 Å². The molecule has 0 spiro atoms. The first-order chi connectivity index (χ1) is 20.0. The van der Waals surface area contributed by atoms with Crippen molar-refractivity contribution in [3.63, 3.8) is 0 Å². The maximum Gasteiger partial charge on any atom is 0.405 e. The lowest BCUT2D eigenvalue weighted by molar-refractivity contribution is -0.141. The van der Waals surface area contributed by atoms with Gasteiger partial charge in [-0.05, 0) is 45.4 Å². The molecule has 12 heteroatoms. The lowest BCUT2D eigenvalue weighted by atomic mass is 9.97. The van der Waals surface area contributed by atoms with Gasteiger partial charge in [0, 0.05) is 50.2 Å². The second kappa shape index (κ2) is 15.5. The fourth-order valence-electron chi connectivity index (χ4n) is 4.51. The zero-order valence-corrected chi connectivity index (χ0v) is 24.1. The molecule has 228 valence electrons. The number of carbonyl (C=O) groups is 2. The fourth-order valence-corrected chi connectivity index (χ4v) is 4.51. The number of nitrogens with zero attached hydrogens (tertiary/aromatic N) is 4. The molecule has 1 amide bonds. The normalized spacial score (nSPS) is 17.8. The molecule has 5 rings (SSSR count). The Bertz CT molecular complexity index is 1230. The van der Waals surface area contributed by atoms with E-state index in [0.29, 0.717) is 6.61 Å². The number of esters is 1. The highest BCUT2D eigenvalue weighted by Crippen LogP contribution is 2.31. The molecule has 0 unspecified atom stereocenters. The van der Waals surface area contributed by atoms with Gasteiger partial charge in [0.25, 0.3) is 0 Å². The van der Waals surface area contributed by atoms with Crippen LogP contribution in [0, 0.1) is 5.92 Å². The summed E-state index contributed by atoms with van der Waals surface area (Å²) in [6.07, 6.45) is 0.844. The molecule has 0 aliphatic carbocycles. The molecule has 2 saturated heterocycles. The van der Waals surface area contributed by atoms with Gasteiger partial charge in [0.15, 0.2) is 5.76 Å². The molecule has 9 nitrogen and oxygen atoms in total. The third-order valence-corrected chi connectivity index (χ3v) is 7.11. The summed E-state index contributed by atoms with van der Waals surface area (Å²) in [5.74, 6) is 0.916. The summed E-state index contributed by atoms with van der Waals surface area (Å²) in [6, 6.07) is 16.1. The van der Waals surface area contributed by atoms with Gasteiger partial charge < -0.3 is 19.5 Å². The number of hydrogen-bond donors (Lipinski definition) is 1. The number of nitrogens with one attached hydrogen (secondary N) is 1. The van der Waals surface area contributed by atoms with Gasteiger partial charge in [0.05, 0.1) is 18.1 Å². The minimum atomic E-state index is -4.29. The topological polar surface area (TPSA) is 101 Å². The smallest absolute Gasteiger partial charge is 0.405 e. The molecular formula is C30H38F3N5O4. The summed E-state index contributed by atoms with van der Waals surface area (Å²) in [4.78, 5) is 29.2. The zero-order chi connectivity index (χ0) is 30.6. The van der Waals surface area contributed by atoms with Crippen molar-refractivity contribution in [2.75, 3.05) is 46.4 Å². The Morgan fingerprint density at radius 2 is 1.79 bits per heavy atom. The molecule has 4 heterocycles. The van der Waals surface area contributed by atoms with E-state index in [1.165, 1.54) is 5.32 Å². The standard InChI is InChI=1S/C17H23N3O.C10H11NO2.C3H4F3NO/c1-17(2,20-11-9-19(3)10-12-20)16-13-15(18-21-16)14-7-5-4-6-8-14;12-10-9(3-5-13-10)6-8-2-1-4-11-7-8;4-3(5,6)1-7-2-8/h4-8,13H,9-12H2,1-3H3;1-2,4,7,9H,3,5-6H2;2H,1H2,(H,7,8)/t;9-;/m.0./s1. The van der Waals surface area contributed by atoms with E-state index in [0.717, 1.165) is 61.6 Å². The molecule has 3 aromatic rings. The van der Waals surface area contributed by atoms with E-state index in [-0.39, 0.29) is 23.8 Å². The number of benzene rings is 1. The van der Waals surface area contributed by atoms with Crippen LogP contribution in [0.3, 0.4) is 0 Å². The summed E-state index contributed by atoms with van der Waals surface area (Å²) < 4.78 is 43.6. The molecule has 0 saturated carbocycles. The fraction of sp³-hybridized carbons (Fsp3) is 0.467. The lowest BCUT2D eigenvalue weighted by Gasteiger charge is -2.41. The number of piperazine rings is 1. The Morgan fingerprint density at radius 1 is 1.07 bits per heavy atom. The van der Waals surface area contributed by atoms with Crippen molar-refractivity contribution in [1.82, 2.24) is 25.3 Å². The molecule has 1 aromatic carbocycles. The first kappa shape index (κ1) is 32.7. The average Bonchev–Trinajstić information content (AvgIpc) is 3.64. The van der Waals surface area contributed by atoms with Crippen LogP contribution in [0.4, 0.5) is 13.2 Å². The molecule has 0 bridgehead atoms. The van der Waals surface area contributed by atoms with E-state index in [2.05, 4.69) is 59.0 Å². The molecular weight excluding hydrogens is 551 g/mol. The average molecular weight is 590 g/mol. The predicted molar refractivity (Wildman–Crippen MR) is 151 cm³/mol. The van der Waals surface area contributed by atoms with Gasteiger partial charge in [-0.15, -0.1) is 0 Å². The number of likely N-dealkylation sites (N-methyl/N-ethyl adjacent to an activating group) is 1. The molecule has 1 N–H and O–H groups in total. The van der Waals surface area contributed by atoms with Crippen LogP contribution in [0.25, 0.3) is 11.3 Å². The van der Waals surface area contributed by atoms with Gasteiger partial charge in [-0.3, -0.25) is 19.5 Å². The summed E-state index contributed by atoms with van der Waals surface area (Å²) in [5.41, 5.74) is 2.99. The Kier molecular flexibility index (Phi) is 12.0. The van der Waals surface area contributed by atoms with E-state index >= 15 is 0 Å². The highest BCUT2D eigenvalue weighted by atomic mass is 19.4. The molecule has 2 fully saturated rings. The van der Waals surface area contributed by atoms with Crippen molar-refractivity contribution >= 4 is 12.4 Å². The Labute approximate surface area is 244 Å².